The van der Waals surface area contributed by atoms with Gasteiger partial charge in [0, 0.05) is 29.9 Å². The molecule has 0 aromatic heterocycles. The Balaban J connectivity index is 1.50. The summed E-state index contributed by atoms with van der Waals surface area (Å²) in [5.74, 6) is -0.466. The summed E-state index contributed by atoms with van der Waals surface area (Å²) < 4.78 is 5.72. The number of amides is 2. The Morgan fingerprint density at radius 1 is 1.08 bits per heavy atom. The molecule has 0 bridgehead atoms. The molecule has 2 aromatic carbocycles. The quantitative estimate of drug-likeness (QED) is 0.526. The number of hydrogen-bond acceptors (Lipinski definition) is 4. The van der Waals surface area contributed by atoms with Crippen LogP contribution in [0.15, 0.2) is 48.5 Å². The lowest BCUT2D eigenvalue weighted by atomic mass is 9.84. The minimum Gasteiger partial charge on any atom is -0.494 e. The van der Waals surface area contributed by atoms with Crippen LogP contribution in [0.5, 0.6) is 5.75 Å². The second-order valence-corrected chi connectivity index (χ2v) is 10.5. The van der Waals surface area contributed by atoms with Crippen molar-refractivity contribution in [3.63, 3.8) is 0 Å². The minimum absolute atomic E-state index is 0.117. The van der Waals surface area contributed by atoms with Crippen LogP contribution in [0.1, 0.15) is 75.2 Å². The zero-order valence-electron chi connectivity index (χ0n) is 21.6. The lowest BCUT2D eigenvalue weighted by Crippen LogP contribution is -2.47. The third-order valence-electron chi connectivity index (χ3n) is 7.39. The first-order valence-electron chi connectivity index (χ1n) is 12.8. The van der Waals surface area contributed by atoms with Gasteiger partial charge in [0.05, 0.1) is 17.9 Å². The summed E-state index contributed by atoms with van der Waals surface area (Å²) in [6.45, 7) is 8.35. The highest BCUT2D eigenvalue weighted by molar-refractivity contribution is 6.08. The Kier molecular flexibility index (Phi) is 7.38. The third-order valence-corrected chi connectivity index (χ3v) is 7.39. The number of fused-ring (bicyclic) bond motifs is 1. The van der Waals surface area contributed by atoms with Crippen LogP contribution in [0.3, 0.4) is 0 Å². The Morgan fingerprint density at radius 2 is 1.75 bits per heavy atom. The maximum Gasteiger partial charge on any atom is 0.309 e. The second-order valence-electron chi connectivity index (χ2n) is 10.5. The lowest BCUT2D eigenvalue weighted by Gasteiger charge is -2.40. The Labute approximate surface area is 213 Å². The van der Waals surface area contributed by atoms with E-state index in [4.69, 9.17) is 4.74 Å². The number of rotatable bonds is 9. The third kappa shape index (κ3) is 5.25. The van der Waals surface area contributed by atoms with Crippen LogP contribution in [0, 0.1) is 5.41 Å². The number of carbonyl (C=O) groups is 3. The molecule has 1 aliphatic heterocycles. The molecule has 7 heteroatoms. The fraction of sp³-hybridized carbons (Fsp3) is 0.483. The molecule has 1 fully saturated rings. The normalized spacial score (nSPS) is 19.4. The van der Waals surface area contributed by atoms with Gasteiger partial charge in [-0.25, -0.2) is 0 Å². The van der Waals surface area contributed by atoms with E-state index in [1.807, 2.05) is 43.0 Å². The van der Waals surface area contributed by atoms with Crippen LogP contribution in [0.2, 0.25) is 0 Å². The Morgan fingerprint density at radius 3 is 2.36 bits per heavy atom. The van der Waals surface area contributed by atoms with Crippen LogP contribution >= 0.6 is 0 Å². The van der Waals surface area contributed by atoms with Crippen molar-refractivity contribution in [1.29, 1.82) is 0 Å². The van der Waals surface area contributed by atoms with E-state index in [0.29, 0.717) is 36.7 Å². The van der Waals surface area contributed by atoms with E-state index in [2.05, 4.69) is 0 Å². The van der Waals surface area contributed by atoms with Crippen LogP contribution < -0.4 is 9.64 Å². The van der Waals surface area contributed by atoms with Gasteiger partial charge in [-0.05, 0) is 89.3 Å². The summed E-state index contributed by atoms with van der Waals surface area (Å²) in [5, 5.41) is 9.25. The number of likely N-dealkylation sites (N-methyl/N-ethyl adjacent to an activating group) is 1. The largest absolute Gasteiger partial charge is 0.494 e. The SMILES string of the molecule is CCN(C(=O)[C@@H]1C[C@H](C)N(C(=O)c2ccc(OCCC(C)(C)C(=O)O)cc2)c2ccccc21)C1CC1. The van der Waals surface area contributed by atoms with E-state index in [0.717, 1.165) is 24.1 Å². The van der Waals surface area contributed by atoms with Gasteiger partial charge in [-0.2, -0.15) is 0 Å². The van der Waals surface area contributed by atoms with E-state index in [9.17, 15) is 19.5 Å². The number of carboxylic acid groups (broad SMARTS) is 1. The molecular weight excluding hydrogens is 456 g/mol. The fourth-order valence-electron chi connectivity index (χ4n) is 4.90. The molecule has 2 amide bonds. The summed E-state index contributed by atoms with van der Waals surface area (Å²) in [6.07, 6.45) is 3.11. The van der Waals surface area contributed by atoms with Gasteiger partial charge in [0.25, 0.3) is 5.91 Å². The van der Waals surface area contributed by atoms with E-state index in [1.54, 1.807) is 43.0 Å². The van der Waals surface area contributed by atoms with Crippen molar-refractivity contribution in [1.82, 2.24) is 4.90 Å². The monoisotopic (exact) mass is 492 g/mol. The number of hydrogen-bond donors (Lipinski definition) is 1. The summed E-state index contributed by atoms with van der Waals surface area (Å²) >= 11 is 0. The number of anilines is 1. The molecule has 36 heavy (non-hydrogen) atoms. The highest BCUT2D eigenvalue weighted by Crippen LogP contribution is 2.41. The molecule has 2 aliphatic rings. The molecule has 1 heterocycles. The van der Waals surface area contributed by atoms with Crippen molar-refractivity contribution in [3.05, 3.63) is 59.7 Å². The molecule has 4 rings (SSSR count). The number of para-hydroxylation sites is 1. The van der Waals surface area contributed by atoms with Crippen molar-refractivity contribution >= 4 is 23.5 Å². The molecule has 0 spiro atoms. The predicted molar refractivity (Wildman–Crippen MR) is 138 cm³/mol. The van der Waals surface area contributed by atoms with Gasteiger partial charge in [0.15, 0.2) is 0 Å². The zero-order chi connectivity index (χ0) is 26.0. The van der Waals surface area contributed by atoms with Crippen molar-refractivity contribution in [2.75, 3.05) is 18.1 Å². The van der Waals surface area contributed by atoms with E-state index in [1.165, 1.54) is 0 Å². The van der Waals surface area contributed by atoms with Crippen molar-refractivity contribution < 1.29 is 24.2 Å². The topological polar surface area (TPSA) is 87.2 Å². The zero-order valence-corrected chi connectivity index (χ0v) is 21.6. The van der Waals surface area contributed by atoms with Gasteiger partial charge in [-0.15, -0.1) is 0 Å². The number of benzene rings is 2. The Hall–Kier alpha value is -3.35. The summed E-state index contributed by atoms with van der Waals surface area (Å²) in [5.41, 5.74) is 1.38. The van der Waals surface area contributed by atoms with Gasteiger partial charge in [0.1, 0.15) is 5.75 Å². The average Bonchev–Trinajstić information content (AvgIpc) is 3.69. The van der Waals surface area contributed by atoms with Gasteiger partial charge in [0.2, 0.25) is 5.91 Å². The van der Waals surface area contributed by atoms with Crippen molar-refractivity contribution in [2.24, 2.45) is 5.41 Å². The molecular formula is C29H36N2O5. The number of aliphatic carboxylic acids is 1. The number of ether oxygens (including phenoxy) is 1. The average molecular weight is 493 g/mol. The van der Waals surface area contributed by atoms with Gasteiger partial charge in [-0.3, -0.25) is 14.4 Å². The molecule has 2 aromatic rings. The first-order chi connectivity index (χ1) is 17.1. The maximum absolute atomic E-state index is 13.6. The van der Waals surface area contributed by atoms with Crippen LogP contribution in [-0.2, 0) is 9.59 Å². The highest BCUT2D eigenvalue weighted by atomic mass is 16.5. The molecule has 7 nitrogen and oxygen atoms in total. The van der Waals surface area contributed by atoms with Crippen LogP contribution in [0.25, 0.3) is 0 Å². The Bertz CT molecular complexity index is 1120. The van der Waals surface area contributed by atoms with Crippen LogP contribution in [-0.4, -0.2) is 53.0 Å². The summed E-state index contributed by atoms with van der Waals surface area (Å²) in [4.78, 5) is 42.2. The molecule has 2 atom stereocenters. The highest BCUT2D eigenvalue weighted by Gasteiger charge is 2.41. The standard InChI is InChI=1S/C29H36N2O5/c1-5-30(21-12-13-21)27(33)24-18-19(2)31(25-9-7-6-8-23(24)25)26(32)20-10-14-22(15-11-20)36-17-16-29(3,4)28(34)35/h6-11,14-15,19,21,24H,5,12-13,16-18H2,1-4H3,(H,34,35)/t19-,24+/m0/s1. The van der Waals surface area contributed by atoms with E-state index >= 15 is 0 Å². The van der Waals surface area contributed by atoms with Crippen molar-refractivity contribution in [3.8, 4) is 5.75 Å². The molecule has 0 saturated heterocycles. The number of nitrogens with zero attached hydrogens (tertiary/aromatic N) is 2. The second kappa shape index (κ2) is 10.3. The minimum atomic E-state index is -0.861. The van der Waals surface area contributed by atoms with Gasteiger partial charge in [-0.1, -0.05) is 18.2 Å². The first kappa shape index (κ1) is 25.7. The molecule has 1 saturated carbocycles. The first-order valence-corrected chi connectivity index (χ1v) is 12.8. The summed E-state index contributed by atoms with van der Waals surface area (Å²) in [7, 11) is 0. The van der Waals surface area contributed by atoms with E-state index in [-0.39, 0.29) is 30.4 Å². The molecule has 192 valence electrons. The molecule has 1 aliphatic carbocycles. The number of carbonyl (C=O) groups excluding carboxylic acids is 2. The lowest BCUT2D eigenvalue weighted by molar-refractivity contribution is -0.147. The fourth-order valence-corrected chi connectivity index (χ4v) is 4.90. The molecule has 0 unspecified atom stereocenters. The number of carboxylic acids is 1. The summed E-state index contributed by atoms with van der Waals surface area (Å²) in [6, 6.07) is 14.9. The van der Waals surface area contributed by atoms with Crippen LogP contribution in [0.4, 0.5) is 5.69 Å². The molecule has 0 radical (unpaired) electrons. The molecule has 1 N–H and O–H groups in total. The smallest absolute Gasteiger partial charge is 0.309 e. The van der Waals surface area contributed by atoms with Crippen molar-refractivity contribution in [2.45, 2.75) is 71.4 Å². The van der Waals surface area contributed by atoms with E-state index < -0.39 is 11.4 Å². The predicted octanol–water partition coefficient (Wildman–Crippen LogP) is 5.10. The van der Waals surface area contributed by atoms with Gasteiger partial charge >= 0.3 is 5.97 Å². The maximum atomic E-state index is 13.6. The van der Waals surface area contributed by atoms with Gasteiger partial charge < -0.3 is 19.6 Å².